The lowest BCUT2D eigenvalue weighted by atomic mass is 10.3. The minimum absolute atomic E-state index is 0.0248. The first-order chi connectivity index (χ1) is 11.2. The number of carbonyl (C=O) groups is 2. The van der Waals surface area contributed by atoms with Crippen molar-refractivity contribution in [1.29, 1.82) is 0 Å². The number of ether oxygens (including phenoxy) is 1. The number of aromatic nitrogens is 2. The van der Waals surface area contributed by atoms with Gasteiger partial charge < -0.3 is 20.2 Å². The predicted molar refractivity (Wildman–Crippen MR) is 82.7 cm³/mol. The number of rotatable bonds is 8. The lowest BCUT2D eigenvalue weighted by Gasteiger charge is -2.14. The predicted octanol–water partition coefficient (Wildman–Crippen LogP) is -0.0144. The van der Waals surface area contributed by atoms with Crippen LogP contribution in [0.1, 0.15) is 12.6 Å². The Bertz CT molecular complexity index is 674. The Balaban J connectivity index is 2.95. The molecule has 0 aromatic carbocycles. The zero-order valence-corrected chi connectivity index (χ0v) is 13.7. The van der Waals surface area contributed by atoms with Crippen LogP contribution in [0.3, 0.4) is 0 Å². The number of thiol groups is 1. The maximum absolute atomic E-state index is 11.9. The average molecular weight is 361 g/mol. The number of nitrogens with one attached hydrogen (secondary N) is 1. The molecule has 0 aliphatic rings. The molecule has 0 saturated heterocycles. The van der Waals surface area contributed by atoms with Gasteiger partial charge in [-0.1, -0.05) is 0 Å². The summed E-state index contributed by atoms with van der Waals surface area (Å²) in [7, 11) is 0. The largest absolute Gasteiger partial charge is 0.468 e. The van der Waals surface area contributed by atoms with Gasteiger partial charge in [0, 0.05) is 5.75 Å². The first-order valence-electron chi connectivity index (χ1n) is 6.65. The van der Waals surface area contributed by atoms with Crippen LogP contribution in [0.15, 0.2) is 0 Å². The van der Waals surface area contributed by atoms with Crippen molar-refractivity contribution >= 4 is 36.0 Å². The van der Waals surface area contributed by atoms with Gasteiger partial charge in [-0.25, -0.2) is 4.79 Å². The van der Waals surface area contributed by atoms with Gasteiger partial charge in [0.1, 0.15) is 18.3 Å². The first-order valence-corrected chi connectivity index (χ1v) is 7.29. The maximum Gasteiger partial charge on any atom is 0.468 e. The van der Waals surface area contributed by atoms with E-state index in [2.05, 4.69) is 23.0 Å². The molecule has 13 heteroatoms. The van der Waals surface area contributed by atoms with Gasteiger partial charge in [-0.3, -0.25) is 14.9 Å². The molecule has 1 N–H and O–H groups in total. The molecular formula is C11H15N5O7S. The van der Waals surface area contributed by atoms with Gasteiger partial charge in [0.2, 0.25) is 5.91 Å². The van der Waals surface area contributed by atoms with Crippen molar-refractivity contribution in [1.82, 2.24) is 15.1 Å². The second kappa shape index (κ2) is 8.24. The van der Waals surface area contributed by atoms with Crippen LogP contribution in [0, 0.1) is 27.2 Å². The van der Waals surface area contributed by atoms with Crippen LogP contribution >= 0.6 is 12.6 Å². The lowest BCUT2D eigenvalue weighted by molar-refractivity contribution is -0.424. The fourth-order valence-electron chi connectivity index (χ4n) is 1.81. The van der Waals surface area contributed by atoms with Crippen LogP contribution in [-0.4, -0.2) is 49.9 Å². The smallest absolute Gasteiger partial charge is 0.464 e. The Labute approximate surface area is 140 Å². The van der Waals surface area contributed by atoms with Crippen molar-refractivity contribution in [3.05, 3.63) is 25.9 Å². The molecule has 24 heavy (non-hydrogen) atoms. The van der Waals surface area contributed by atoms with Gasteiger partial charge in [-0.05, 0) is 18.8 Å². The topological polar surface area (TPSA) is 160 Å². The zero-order chi connectivity index (χ0) is 18.4. The maximum atomic E-state index is 11.9. The van der Waals surface area contributed by atoms with E-state index in [9.17, 15) is 29.8 Å². The van der Waals surface area contributed by atoms with E-state index in [4.69, 9.17) is 4.74 Å². The fourth-order valence-corrected chi connectivity index (χ4v) is 2.05. The highest BCUT2D eigenvalue weighted by Crippen LogP contribution is 2.28. The Hall–Kier alpha value is -2.70. The molecule has 0 radical (unpaired) electrons. The summed E-state index contributed by atoms with van der Waals surface area (Å²) < 4.78 is 5.58. The van der Waals surface area contributed by atoms with Crippen molar-refractivity contribution in [3.63, 3.8) is 0 Å². The van der Waals surface area contributed by atoms with Crippen molar-refractivity contribution in [2.45, 2.75) is 26.4 Å². The highest BCUT2D eigenvalue weighted by molar-refractivity contribution is 7.80. The third kappa shape index (κ3) is 4.41. The Morgan fingerprint density at radius 3 is 2.42 bits per heavy atom. The molecule has 1 rings (SSSR count). The highest BCUT2D eigenvalue weighted by atomic mass is 32.1. The van der Waals surface area contributed by atoms with Gasteiger partial charge in [0.15, 0.2) is 0 Å². The number of hydrogen-bond donors (Lipinski definition) is 2. The van der Waals surface area contributed by atoms with Crippen molar-refractivity contribution in [3.8, 4) is 0 Å². The Morgan fingerprint density at radius 1 is 1.38 bits per heavy atom. The van der Waals surface area contributed by atoms with E-state index in [1.807, 2.05) is 0 Å². The van der Waals surface area contributed by atoms with Gasteiger partial charge in [-0.2, -0.15) is 17.3 Å². The number of nitro groups is 2. The fraction of sp³-hybridized carbons (Fsp3) is 0.545. The summed E-state index contributed by atoms with van der Waals surface area (Å²) in [6.45, 7) is 2.41. The van der Waals surface area contributed by atoms with Crippen LogP contribution in [0.2, 0.25) is 0 Å². The lowest BCUT2D eigenvalue weighted by Crippen LogP contribution is -2.44. The molecule has 1 aromatic rings. The van der Waals surface area contributed by atoms with E-state index in [0.29, 0.717) is 0 Å². The van der Waals surface area contributed by atoms with Crippen LogP contribution in [0.25, 0.3) is 0 Å². The Morgan fingerprint density at radius 2 is 2.00 bits per heavy atom. The second-order valence-corrected chi connectivity index (χ2v) is 4.85. The van der Waals surface area contributed by atoms with E-state index in [1.165, 1.54) is 6.92 Å². The van der Waals surface area contributed by atoms with Crippen LogP contribution < -0.4 is 5.32 Å². The average Bonchev–Trinajstić information content (AvgIpc) is 2.82. The van der Waals surface area contributed by atoms with E-state index >= 15 is 0 Å². The second-order valence-electron chi connectivity index (χ2n) is 4.48. The summed E-state index contributed by atoms with van der Waals surface area (Å²) in [6, 6.07) is -1.01. The normalized spacial score (nSPS) is 11.6. The summed E-state index contributed by atoms with van der Waals surface area (Å²) >= 11 is 3.93. The third-order valence-corrected chi connectivity index (χ3v) is 3.26. The summed E-state index contributed by atoms with van der Waals surface area (Å²) in [5, 5.41) is 27.5. The quantitative estimate of drug-likeness (QED) is 0.283. The molecule has 1 amide bonds. The summed E-state index contributed by atoms with van der Waals surface area (Å²) in [6.07, 6.45) is 0. The molecule has 0 bridgehead atoms. The van der Waals surface area contributed by atoms with Crippen molar-refractivity contribution in [2.24, 2.45) is 0 Å². The molecule has 1 heterocycles. The minimum atomic E-state index is -1.01. The zero-order valence-electron chi connectivity index (χ0n) is 12.8. The number of nitrogens with zero attached hydrogens (tertiary/aromatic N) is 4. The molecule has 0 unspecified atom stereocenters. The molecule has 0 aliphatic heterocycles. The summed E-state index contributed by atoms with van der Waals surface area (Å²) in [5.74, 6) is -2.39. The van der Waals surface area contributed by atoms with Crippen LogP contribution in [0.5, 0.6) is 0 Å². The molecule has 1 atom stereocenters. The number of amides is 1. The molecule has 1 aromatic heterocycles. The van der Waals surface area contributed by atoms with E-state index in [0.717, 1.165) is 4.68 Å². The highest BCUT2D eigenvalue weighted by Gasteiger charge is 2.36. The van der Waals surface area contributed by atoms with Crippen molar-refractivity contribution < 1.29 is 24.2 Å². The molecule has 0 fully saturated rings. The number of hydrogen-bond acceptors (Lipinski definition) is 9. The summed E-state index contributed by atoms with van der Waals surface area (Å²) in [4.78, 5) is 43.3. The third-order valence-electron chi connectivity index (χ3n) is 2.89. The van der Waals surface area contributed by atoms with Gasteiger partial charge in [-0.15, -0.1) is 0 Å². The van der Waals surface area contributed by atoms with Crippen LogP contribution in [-0.2, 0) is 20.9 Å². The summed E-state index contributed by atoms with van der Waals surface area (Å²) in [5.41, 5.74) is -0.940. The number of carbonyl (C=O) groups excluding carboxylic acids is 2. The molecule has 0 spiro atoms. The molecule has 0 aliphatic carbocycles. The minimum Gasteiger partial charge on any atom is -0.464 e. The Kier molecular flexibility index (Phi) is 6.64. The molecular weight excluding hydrogens is 346 g/mol. The van der Waals surface area contributed by atoms with Gasteiger partial charge >= 0.3 is 17.5 Å². The monoisotopic (exact) mass is 361 g/mol. The van der Waals surface area contributed by atoms with Gasteiger partial charge in [0.25, 0.3) is 0 Å². The first kappa shape index (κ1) is 19.3. The molecule has 12 nitrogen and oxygen atoms in total. The van der Waals surface area contributed by atoms with Gasteiger partial charge in [0.05, 0.1) is 16.6 Å². The molecule has 0 saturated carbocycles. The van der Waals surface area contributed by atoms with E-state index < -0.39 is 45.8 Å². The van der Waals surface area contributed by atoms with Crippen molar-refractivity contribution in [2.75, 3.05) is 12.4 Å². The van der Waals surface area contributed by atoms with E-state index in [1.54, 1.807) is 6.92 Å². The van der Waals surface area contributed by atoms with E-state index in [-0.39, 0.29) is 18.1 Å². The number of esters is 1. The van der Waals surface area contributed by atoms with Crippen LogP contribution in [0.4, 0.5) is 11.5 Å². The standard InChI is InChI=1S/C11H15N5O7S/c1-3-23-11(18)7(5-24)12-8(17)4-14-6(2)9(15(19)20)10(13-14)16(21)22/h7,24H,3-5H2,1-2H3,(H,12,17)/t7-/m0/s1. The molecule has 132 valence electrons. The SMILES string of the molecule is CCOC(=O)[C@H](CS)NC(=O)Cn1nc([N+](=O)[O-])c([N+](=O)[O-])c1C.